The van der Waals surface area contributed by atoms with Crippen molar-refractivity contribution in [3.63, 3.8) is 0 Å². The lowest BCUT2D eigenvalue weighted by Crippen LogP contribution is -2.44. The van der Waals surface area contributed by atoms with Crippen molar-refractivity contribution in [2.24, 2.45) is 5.92 Å². The molecule has 110 valence electrons. The first-order valence-corrected chi connectivity index (χ1v) is 8.91. The van der Waals surface area contributed by atoms with Crippen LogP contribution in [-0.4, -0.2) is 31.6 Å². The number of ether oxygens (including phenoxy) is 1. The monoisotopic (exact) mass is 291 g/mol. The van der Waals surface area contributed by atoms with Crippen LogP contribution in [0.5, 0.6) is 0 Å². The van der Waals surface area contributed by atoms with Crippen molar-refractivity contribution < 1.29 is 4.74 Å². The van der Waals surface area contributed by atoms with Gasteiger partial charge in [-0.05, 0) is 43.4 Å². The third kappa shape index (κ3) is 3.05. The van der Waals surface area contributed by atoms with E-state index in [1.54, 1.807) is 5.56 Å². The van der Waals surface area contributed by atoms with Crippen LogP contribution >= 0.6 is 11.8 Å². The molecular formula is C17H25NOS. The Morgan fingerprint density at radius 3 is 3.10 bits per heavy atom. The molecule has 2 aliphatic heterocycles. The Morgan fingerprint density at radius 2 is 2.30 bits per heavy atom. The maximum atomic E-state index is 5.74. The second kappa shape index (κ2) is 6.97. The third-order valence-corrected chi connectivity index (χ3v) is 5.71. The van der Waals surface area contributed by atoms with E-state index >= 15 is 0 Å². The van der Waals surface area contributed by atoms with Crippen molar-refractivity contribution in [1.29, 1.82) is 0 Å². The van der Waals surface area contributed by atoms with Gasteiger partial charge >= 0.3 is 0 Å². The van der Waals surface area contributed by atoms with E-state index in [1.807, 2.05) is 11.8 Å². The molecule has 3 atom stereocenters. The normalized spacial score (nSPS) is 27.2. The average Bonchev–Trinajstić information content (AvgIpc) is 2.93. The molecule has 1 aromatic rings. The first-order chi connectivity index (χ1) is 9.90. The van der Waals surface area contributed by atoms with Gasteiger partial charge in [-0.2, -0.15) is 0 Å². The van der Waals surface area contributed by atoms with Crippen molar-refractivity contribution >= 4 is 11.8 Å². The number of fused-ring (bicyclic) bond motifs is 1. The molecule has 1 fully saturated rings. The maximum Gasteiger partial charge on any atom is 0.0509 e. The van der Waals surface area contributed by atoms with Crippen LogP contribution in [0.2, 0.25) is 0 Å². The van der Waals surface area contributed by atoms with Crippen molar-refractivity contribution in [3.8, 4) is 0 Å². The minimum absolute atomic E-state index is 0.575. The molecule has 20 heavy (non-hydrogen) atoms. The second-order valence-corrected chi connectivity index (χ2v) is 6.97. The van der Waals surface area contributed by atoms with E-state index in [2.05, 4.69) is 36.5 Å². The highest BCUT2D eigenvalue weighted by molar-refractivity contribution is 7.99. The molecular weight excluding hydrogens is 266 g/mol. The van der Waals surface area contributed by atoms with E-state index in [0.29, 0.717) is 17.9 Å². The quantitative estimate of drug-likeness (QED) is 0.894. The van der Waals surface area contributed by atoms with Crippen LogP contribution in [-0.2, 0) is 4.74 Å². The predicted octanol–water partition coefficient (Wildman–Crippen LogP) is 3.67. The molecule has 2 nitrogen and oxygen atoms in total. The van der Waals surface area contributed by atoms with Gasteiger partial charge in [-0.25, -0.2) is 0 Å². The maximum absolute atomic E-state index is 5.74. The van der Waals surface area contributed by atoms with Gasteiger partial charge in [0.25, 0.3) is 0 Å². The van der Waals surface area contributed by atoms with Gasteiger partial charge in [0.2, 0.25) is 0 Å². The smallest absolute Gasteiger partial charge is 0.0509 e. The van der Waals surface area contributed by atoms with Crippen LogP contribution in [0.25, 0.3) is 0 Å². The molecule has 0 aliphatic carbocycles. The predicted molar refractivity (Wildman–Crippen MR) is 85.5 cm³/mol. The van der Waals surface area contributed by atoms with Crippen molar-refractivity contribution in [2.45, 2.75) is 43.0 Å². The van der Waals surface area contributed by atoms with E-state index in [0.717, 1.165) is 19.8 Å². The molecule has 1 aromatic carbocycles. The summed E-state index contributed by atoms with van der Waals surface area (Å²) in [7, 11) is 0. The van der Waals surface area contributed by atoms with E-state index in [4.69, 9.17) is 4.74 Å². The molecule has 0 spiro atoms. The van der Waals surface area contributed by atoms with Crippen LogP contribution in [0.3, 0.4) is 0 Å². The molecule has 0 amide bonds. The molecule has 1 N–H and O–H groups in total. The van der Waals surface area contributed by atoms with Crippen LogP contribution in [0.4, 0.5) is 0 Å². The van der Waals surface area contributed by atoms with Crippen LogP contribution < -0.4 is 5.32 Å². The zero-order valence-corrected chi connectivity index (χ0v) is 13.1. The lowest BCUT2D eigenvalue weighted by molar-refractivity contribution is 0.0359. The molecule has 0 saturated carbocycles. The highest BCUT2D eigenvalue weighted by Gasteiger charge is 2.35. The Hall–Kier alpha value is -0.510. The van der Waals surface area contributed by atoms with Gasteiger partial charge in [0.15, 0.2) is 0 Å². The molecule has 3 heteroatoms. The fourth-order valence-electron chi connectivity index (χ4n) is 3.48. The highest BCUT2D eigenvalue weighted by Crippen LogP contribution is 2.43. The van der Waals surface area contributed by atoms with Crippen LogP contribution in [0.1, 0.15) is 37.7 Å². The largest absolute Gasteiger partial charge is 0.381 e. The summed E-state index contributed by atoms with van der Waals surface area (Å²) in [6.07, 6.45) is 3.73. The van der Waals surface area contributed by atoms with Gasteiger partial charge in [-0.15, -0.1) is 11.8 Å². The molecule has 0 bridgehead atoms. The topological polar surface area (TPSA) is 21.3 Å². The van der Waals surface area contributed by atoms with Gasteiger partial charge < -0.3 is 10.1 Å². The molecule has 2 heterocycles. The number of nitrogens with one attached hydrogen (secondary N) is 1. The Kier molecular flexibility index (Phi) is 5.03. The van der Waals surface area contributed by atoms with E-state index in [9.17, 15) is 0 Å². The standard InChI is InChI=1S/C17H25NOS/c1-2-9-18-17(13-6-5-10-19-11-13)15-12-20-16-8-4-3-7-14(15)16/h3-4,7-8,13,15,17-18H,2,5-6,9-12H2,1H3. The molecule has 1 saturated heterocycles. The Morgan fingerprint density at radius 1 is 1.40 bits per heavy atom. The van der Waals surface area contributed by atoms with E-state index < -0.39 is 0 Å². The summed E-state index contributed by atoms with van der Waals surface area (Å²) in [5, 5.41) is 3.83. The number of benzene rings is 1. The lowest BCUT2D eigenvalue weighted by atomic mass is 9.82. The molecule has 3 rings (SSSR count). The minimum atomic E-state index is 0.575. The summed E-state index contributed by atoms with van der Waals surface area (Å²) in [6.45, 7) is 5.25. The van der Waals surface area contributed by atoms with E-state index in [1.165, 1.54) is 29.9 Å². The van der Waals surface area contributed by atoms with Crippen molar-refractivity contribution in [1.82, 2.24) is 5.32 Å². The highest BCUT2D eigenvalue weighted by atomic mass is 32.2. The zero-order chi connectivity index (χ0) is 13.8. The Balaban J connectivity index is 1.78. The van der Waals surface area contributed by atoms with Gasteiger partial charge in [0, 0.05) is 29.2 Å². The SMILES string of the molecule is CCCNC(C1CCCOC1)C1CSc2ccccc21. The van der Waals surface area contributed by atoms with Gasteiger partial charge in [-0.3, -0.25) is 0 Å². The fourth-order valence-corrected chi connectivity index (χ4v) is 4.79. The molecule has 0 radical (unpaired) electrons. The summed E-state index contributed by atoms with van der Waals surface area (Å²) in [6, 6.07) is 9.52. The number of hydrogen-bond donors (Lipinski definition) is 1. The summed E-state index contributed by atoms with van der Waals surface area (Å²) in [5.74, 6) is 2.54. The van der Waals surface area contributed by atoms with Gasteiger partial charge in [0.05, 0.1) is 6.61 Å². The molecule has 0 aromatic heterocycles. The number of rotatable bonds is 5. The Labute approximate surface area is 126 Å². The Bertz CT molecular complexity index is 431. The summed E-state index contributed by atoms with van der Waals surface area (Å²) >= 11 is 2.02. The summed E-state index contributed by atoms with van der Waals surface area (Å²) in [5.41, 5.74) is 1.55. The van der Waals surface area contributed by atoms with Crippen LogP contribution in [0.15, 0.2) is 29.2 Å². The third-order valence-electron chi connectivity index (χ3n) is 4.50. The minimum Gasteiger partial charge on any atom is -0.381 e. The average molecular weight is 291 g/mol. The molecule has 3 unspecified atom stereocenters. The zero-order valence-electron chi connectivity index (χ0n) is 12.3. The van der Waals surface area contributed by atoms with Crippen molar-refractivity contribution in [3.05, 3.63) is 29.8 Å². The first kappa shape index (κ1) is 14.4. The van der Waals surface area contributed by atoms with E-state index in [-0.39, 0.29) is 0 Å². The van der Waals surface area contributed by atoms with Crippen LogP contribution in [0, 0.1) is 5.92 Å². The first-order valence-electron chi connectivity index (χ1n) is 7.93. The second-order valence-electron chi connectivity index (χ2n) is 5.91. The fraction of sp³-hybridized carbons (Fsp3) is 0.647. The lowest BCUT2D eigenvalue weighted by Gasteiger charge is -2.35. The van der Waals surface area contributed by atoms with Gasteiger partial charge in [0.1, 0.15) is 0 Å². The number of hydrogen-bond acceptors (Lipinski definition) is 3. The molecule has 2 aliphatic rings. The number of thioether (sulfide) groups is 1. The van der Waals surface area contributed by atoms with Gasteiger partial charge in [-0.1, -0.05) is 25.1 Å². The summed E-state index contributed by atoms with van der Waals surface area (Å²) < 4.78 is 5.74. The van der Waals surface area contributed by atoms with Crippen molar-refractivity contribution in [2.75, 3.05) is 25.5 Å². The summed E-state index contributed by atoms with van der Waals surface area (Å²) in [4.78, 5) is 1.48.